The first-order valence-corrected chi connectivity index (χ1v) is 7.81. The Bertz CT molecular complexity index is 776. The first-order chi connectivity index (χ1) is 9.58. The van der Waals surface area contributed by atoms with Crippen LogP contribution in [0.5, 0.6) is 0 Å². The molecule has 0 saturated heterocycles. The summed E-state index contributed by atoms with van der Waals surface area (Å²) in [6.45, 7) is 4.18. The van der Waals surface area contributed by atoms with E-state index in [1.165, 1.54) is 11.1 Å². The van der Waals surface area contributed by atoms with E-state index in [2.05, 4.69) is 53.1 Å². The summed E-state index contributed by atoms with van der Waals surface area (Å²) in [7, 11) is 0. The summed E-state index contributed by atoms with van der Waals surface area (Å²) in [5, 5.41) is 6.14. The summed E-state index contributed by atoms with van der Waals surface area (Å²) in [6.07, 6.45) is 0. The number of aromatic nitrogens is 1. The number of nitrogen functional groups attached to an aromatic ring is 1. The summed E-state index contributed by atoms with van der Waals surface area (Å²) >= 11 is 5.14. The van der Waals surface area contributed by atoms with E-state index in [1.807, 2.05) is 11.4 Å². The Morgan fingerprint density at radius 2 is 2.00 bits per heavy atom. The highest BCUT2D eigenvalue weighted by molar-refractivity contribution is 9.10. The molecule has 0 radical (unpaired) electrons. The second-order valence-electron chi connectivity index (χ2n) is 4.67. The minimum absolute atomic E-state index is 0.351. The van der Waals surface area contributed by atoms with Crippen molar-refractivity contribution < 1.29 is 4.52 Å². The number of aryl methyl sites for hydroxylation is 2. The molecular weight excluding hydrogens is 336 g/mol. The predicted octanol–water partition coefficient (Wildman–Crippen LogP) is 5.03. The molecule has 3 aromatic rings. The summed E-state index contributed by atoms with van der Waals surface area (Å²) in [5.74, 6) is 0.351. The van der Waals surface area contributed by atoms with Gasteiger partial charge in [0, 0.05) is 4.47 Å². The van der Waals surface area contributed by atoms with Gasteiger partial charge in [-0.3, -0.25) is 0 Å². The van der Waals surface area contributed by atoms with Crippen LogP contribution < -0.4 is 5.73 Å². The topological polar surface area (TPSA) is 52.0 Å². The molecule has 0 saturated carbocycles. The van der Waals surface area contributed by atoms with Crippen LogP contribution in [0.3, 0.4) is 0 Å². The van der Waals surface area contributed by atoms with Crippen molar-refractivity contribution >= 4 is 33.2 Å². The molecule has 1 aromatic carbocycles. The largest absolute Gasteiger partial charge is 0.367 e. The Morgan fingerprint density at radius 1 is 1.20 bits per heavy atom. The first-order valence-electron chi connectivity index (χ1n) is 6.14. The lowest BCUT2D eigenvalue weighted by molar-refractivity contribution is 0.439. The van der Waals surface area contributed by atoms with Gasteiger partial charge in [0.1, 0.15) is 5.69 Å². The number of hydrogen-bond acceptors (Lipinski definition) is 4. The number of nitrogens with zero attached hydrogens (tertiary/aromatic N) is 1. The smallest absolute Gasteiger partial charge is 0.230 e. The Balaban J connectivity index is 2.21. The predicted molar refractivity (Wildman–Crippen MR) is 86.8 cm³/mol. The van der Waals surface area contributed by atoms with Gasteiger partial charge in [-0.15, -0.1) is 11.3 Å². The van der Waals surface area contributed by atoms with Crippen molar-refractivity contribution in [3.8, 4) is 21.7 Å². The van der Waals surface area contributed by atoms with E-state index in [1.54, 1.807) is 11.3 Å². The van der Waals surface area contributed by atoms with Crippen LogP contribution >= 0.6 is 27.3 Å². The van der Waals surface area contributed by atoms with Crippen molar-refractivity contribution in [2.75, 3.05) is 5.73 Å². The molecule has 2 heterocycles. The summed E-state index contributed by atoms with van der Waals surface area (Å²) in [6, 6.07) is 8.25. The molecule has 20 heavy (non-hydrogen) atoms. The summed E-state index contributed by atoms with van der Waals surface area (Å²) < 4.78 is 6.21. The fourth-order valence-corrected chi connectivity index (χ4v) is 3.64. The number of rotatable bonds is 2. The van der Waals surface area contributed by atoms with Crippen molar-refractivity contribution in [2.45, 2.75) is 13.8 Å². The minimum Gasteiger partial charge on any atom is -0.367 e. The van der Waals surface area contributed by atoms with E-state index in [0.29, 0.717) is 5.88 Å². The lowest BCUT2D eigenvalue weighted by Gasteiger charge is -2.05. The Hall–Kier alpha value is -1.59. The number of nitrogens with two attached hydrogens (primary N) is 1. The molecule has 0 spiro atoms. The fourth-order valence-electron chi connectivity index (χ4n) is 2.10. The zero-order valence-corrected chi connectivity index (χ0v) is 13.5. The lowest BCUT2D eigenvalue weighted by Crippen LogP contribution is -1.89. The van der Waals surface area contributed by atoms with E-state index in [-0.39, 0.29) is 0 Å². The van der Waals surface area contributed by atoms with Gasteiger partial charge >= 0.3 is 0 Å². The van der Waals surface area contributed by atoms with Crippen LogP contribution in [0.25, 0.3) is 21.7 Å². The van der Waals surface area contributed by atoms with Crippen molar-refractivity contribution in [1.29, 1.82) is 0 Å². The molecule has 2 aromatic heterocycles. The Morgan fingerprint density at radius 3 is 2.65 bits per heavy atom. The Kier molecular flexibility index (Phi) is 3.40. The molecule has 0 aliphatic rings. The fraction of sp³-hybridized carbons (Fsp3) is 0.133. The van der Waals surface area contributed by atoms with Crippen molar-refractivity contribution in [3.05, 3.63) is 45.2 Å². The van der Waals surface area contributed by atoms with Gasteiger partial charge in [-0.2, -0.15) is 0 Å². The highest BCUT2D eigenvalue weighted by atomic mass is 79.9. The lowest BCUT2D eigenvalue weighted by atomic mass is 10.00. The van der Waals surface area contributed by atoms with Crippen molar-refractivity contribution in [3.63, 3.8) is 0 Å². The molecular formula is C15H13BrN2OS. The summed E-state index contributed by atoms with van der Waals surface area (Å²) in [4.78, 5) is 1.03. The van der Waals surface area contributed by atoms with E-state index >= 15 is 0 Å². The summed E-state index contributed by atoms with van der Waals surface area (Å²) in [5.41, 5.74) is 11.1. The minimum atomic E-state index is 0.351. The monoisotopic (exact) mass is 348 g/mol. The highest BCUT2D eigenvalue weighted by Crippen LogP contribution is 2.41. The van der Waals surface area contributed by atoms with Crippen molar-refractivity contribution in [2.24, 2.45) is 0 Å². The van der Waals surface area contributed by atoms with Gasteiger partial charge in [0.2, 0.25) is 5.88 Å². The van der Waals surface area contributed by atoms with Gasteiger partial charge in [-0.25, -0.2) is 0 Å². The number of thiophene rings is 1. The van der Waals surface area contributed by atoms with Gasteiger partial charge < -0.3 is 10.3 Å². The molecule has 0 aliphatic heterocycles. The van der Waals surface area contributed by atoms with Crippen molar-refractivity contribution in [1.82, 2.24) is 5.16 Å². The van der Waals surface area contributed by atoms with Gasteiger partial charge in [0.25, 0.3) is 0 Å². The zero-order chi connectivity index (χ0) is 14.3. The molecule has 5 heteroatoms. The number of anilines is 1. The second kappa shape index (κ2) is 5.07. The zero-order valence-electron chi connectivity index (χ0n) is 11.1. The van der Waals surface area contributed by atoms with Gasteiger partial charge in [-0.05, 0) is 57.9 Å². The Labute approximate surface area is 129 Å². The maximum absolute atomic E-state index is 5.98. The van der Waals surface area contributed by atoms with Gasteiger partial charge in [0.15, 0.2) is 0 Å². The average Bonchev–Trinajstić information content (AvgIpc) is 2.99. The average molecular weight is 349 g/mol. The quantitative estimate of drug-likeness (QED) is 0.706. The maximum atomic E-state index is 5.98. The number of halogens is 1. The molecule has 0 atom stereocenters. The standard InChI is InChI=1S/C15H13BrN2OS/c1-8-3-4-10(7-9(8)2)12-13(18-19-15(12)17)14-11(16)5-6-20-14/h3-7H,17H2,1-2H3. The molecule has 0 aliphatic carbocycles. The molecule has 3 rings (SSSR count). The van der Waals surface area contributed by atoms with Crippen LogP contribution in [-0.4, -0.2) is 5.16 Å². The maximum Gasteiger partial charge on any atom is 0.230 e. The van der Waals surface area contributed by atoms with Crippen LogP contribution in [-0.2, 0) is 0 Å². The molecule has 0 amide bonds. The first kappa shape index (κ1) is 13.4. The third kappa shape index (κ3) is 2.17. The molecule has 102 valence electrons. The van der Waals surface area contributed by atoms with E-state index in [4.69, 9.17) is 10.3 Å². The van der Waals surface area contributed by atoms with Crippen LogP contribution in [0.4, 0.5) is 5.88 Å². The third-order valence-electron chi connectivity index (χ3n) is 3.35. The van der Waals surface area contributed by atoms with Crippen LogP contribution in [0.15, 0.2) is 38.6 Å². The van der Waals surface area contributed by atoms with Crippen LogP contribution in [0.2, 0.25) is 0 Å². The number of benzene rings is 1. The number of hydrogen-bond donors (Lipinski definition) is 1. The van der Waals surface area contributed by atoms with Gasteiger partial charge in [-0.1, -0.05) is 23.4 Å². The molecule has 0 unspecified atom stereocenters. The van der Waals surface area contributed by atoms with Crippen LogP contribution in [0.1, 0.15) is 11.1 Å². The molecule has 0 fully saturated rings. The van der Waals surface area contributed by atoms with Crippen LogP contribution in [0, 0.1) is 13.8 Å². The molecule has 3 nitrogen and oxygen atoms in total. The molecule has 2 N–H and O–H groups in total. The van der Waals surface area contributed by atoms with E-state index in [0.717, 1.165) is 26.2 Å². The van der Waals surface area contributed by atoms with Gasteiger partial charge in [0.05, 0.1) is 10.4 Å². The third-order valence-corrected chi connectivity index (χ3v) is 5.19. The molecule has 0 bridgehead atoms. The normalized spacial score (nSPS) is 10.9. The second-order valence-corrected chi connectivity index (χ2v) is 6.44. The van der Waals surface area contributed by atoms with E-state index in [9.17, 15) is 0 Å². The highest BCUT2D eigenvalue weighted by Gasteiger charge is 2.20. The van der Waals surface area contributed by atoms with E-state index < -0.39 is 0 Å². The SMILES string of the molecule is Cc1ccc(-c2c(-c3sccc3Br)noc2N)cc1C.